The number of carbonyl (C=O) groups is 1. The first-order valence-electron chi connectivity index (χ1n) is 9.24. The summed E-state index contributed by atoms with van der Waals surface area (Å²) in [4.78, 5) is 12.3. The number of esters is 1. The van der Waals surface area contributed by atoms with Crippen molar-refractivity contribution in [2.45, 2.75) is 52.7 Å². The van der Waals surface area contributed by atoms with Gasteiger partial charge >= 0.3 is 5.97 Å². The van der Waals surface area contributed by atoms with Gasteiger partial charge < -0.3 is 14.2 Å². The highest BCUT2D eigenvalue weighted by molar-refractivity contribution is 5.91. The maximum atomic E-state index is 12.3. The monoisotopic (exact) mass is 356 g/mol. The molecular formula is C22H28O4. The molecule has 0 bridgehead atoms. The van der Waals surface area contributed by atoms with Crippen molar-refractivity contribution in [2.75, 3.05) is 6.61 Å². The SMILES string of the molecule is CCCC(C)Oc1ccc(OC(=O)c2ccc(C(C)OCC)cc2)cc1. The Bertz CT molecular complexity index is 676. The van der Waals surface area contributed by atoms with E-state index in [1.807, 2.05) is 45.0 Å². The predicted octanol–water partition coefficient (Wildman–Crippen LogP) is 5.57. The molecule has 2 aromatic rings. The smallest absolute Gasteiger partial charge is 0.343 e. The fourth-order valence-corrected chi connectivity index (χ4v) is 2.69. The minimum Gasteiger partial charge on any atom is -0.491 e. The second kappa shape index (κ2) is 9.97. The van der Waals surface area contributed by atoms with Crippen LogP contribution >= 0.6 is 0 Å². The van der Waals surface area contributed by atoms with E-state index in [9.17, 15) is 4.79 Å². The Morgan fingerprint density at radius 3 is 2.12 bits per heavy atom. The highest BCUT2D eigenvalue weighted by atomic mass is 16.5. The third kappa shape index (κ3) is 5.88. The first-order valence-corrected chi connectivity index (χ1v) is 9.24. The largest absolute Gasteiger partial charge is 0.491 e. The minimum atomic E-state index is -0.381. The van der Waals surface area contributed by atoms with Gasteiger partial charge in [0.05, 0.1) is 17.8 Å². The van der Waals surface area contributed by atoms with Crippen LogP contribution in [0, 0.1) is 0 Å². The molecule has 0 aromatic heterocycles. The lowest BCUT2D eigenvalue weighted by Crippen LogP contribution is -2.11. The van der Waals surface area contributed by atoms with E-state index < -0.39 is 0 Å². The Kier molecular flexibility index (Phi) is 7.67. The highest BCUT2D eigenvalue weighted by Crippen LogP contribution is 2.21. The Balaban J connectivity index is 1.94. The summed E-state index contributed by atoms with van der Waals surface area (Å²) >= 11 is 0. The molecule has 0 N–H and O–H groups in total. The molecule has 0 saturated heterocycles. The molecule has 2 atom stereocenters. The zero-order chi connectivity index (χ0) is 18.9. The molecule has 0 spiro atoms. The molecule has 26 heavy (non-hydrogen) atoms. The summed E-state index contributed by atoms with van der Waals surface area (Å²) < 4.78 is 16.8. The van der Waals surface area contributed by atoms with Crippen LogP contribution in [0.5, 0.6) is 11.5 Å². The van der Waals surface area contributed by atoms with Gasteiger partial charge in [0.2, 0.25) is 0 Å². The van der Waals surface area contributed by atoms with Gasteiger partial charge in [0, 0.05) is 6.61 Å². The lowest BCUT2D eigenvalue weighted by Gasteiger charge is -2.14. The quantitative estimate of drug-likeness (QED) is 0.435. The summed E-state index contributed by atoms with van der Waals surface area (Å²) in [6, 6.07) is 14.4. The van der Waals surface area contributed by atoms with Crippen LogP contribution in [0.2, 0.25) is 0 Å². The normalized spacial score (nSPS) is 13.1. The van der Waals surface area contributed by atoms with Crippen LogP contribution < -0.4 is 9.47 Å². The first-order chi connectivity index (χ1) is 12.5. The van der Waals surface area contributed by atoms with Crippen LogP contribution in [0.1, 0.15) is 62.6 Å². The van der Waals surface area contributed by atoms with E-state index in [1.165, 1.54) is 0 Å². The Labute approximate surface area is 156 Å². The van der Waals surface area contributed by atoms with Gasteiger partial charge in [0.1, 0.15) is 11.5 Å². The van der Waals surface area contributed by atoms with Gasteiger partial charge in [0.15, 0.2) is 0 Å². The first kappa shape index (κ1) is 20.0. The van der Waals surface area contributed by atoms with Crippen molar-refractivity contribution < 1.29 is 19.0 Å². The lowest BCUT2D eigenvalue weighted by atomic mass is 10.1. The summed E-state index contributed by atoms with van der Waals surface area (Å²) in [6.45, 7) is 8.78. The maximum Gasteiger partial charge on any atom is 0.343 e. The lowest BCUT2D eigenvalue weighted by molar-refractivity contribution is 0.0728. The van der Waals surface area contributed by atoms with Gasteiger partial charge in [-0.2, -0.15) is 0 Å². The van der Waals surface area contributed by atoms with Crippen molar-refractivity contribution >= 4 is 5.97 Å². The Morgan fingerprint density at radius 1 is 0.923 bits per heavy atom. The van der Waals surface area contributed by atoms with Crippen molar-refractivity contribution in [1.29, 1.82) is 0 Å². The molecule has 2 aromatic carbocycles. The number of hydrogen-bond donors (Lipinski definition) is 0. The third-order valence-corrected chi connectivity index (χ3v) is 4.10. The van der Waals surface area contributed by atoms with E-state index in [-0.39, 0.29) is 18.2 Å². The van der Waals surface area contributed by atoms with Crippen molar-refractivity contribution in [3.63, 3.8) is 0 Å². The van der Waals surface area contributed by atoms with Gasteiger partial charge in [-0.25, -0.2) is 4.79 Å². The van der Waals surface area contributed by atoms with Gasteiger partial charge in [0.25, 0.3) is 0 Å². The fourth-order valence-electron chi connectivity index (χ4n) is 2.69. The molecule has 0 saturated carbocycles. The summed E-state index contributed by atoms with van der Waals surface area (Å²) in [7, 11) is 0. The fraction of sp³-hybridized carbons (Fsp3) is 0.409. The van der Waals surface area contributed by atoms with Gasteiger partial charge in [-0.15, -0.1) is 0 Å². The summed E-state index contributed by atoms with van der Waals surface area (Å²) in [6.07, 6.45) is 2.27. The van der Waals surface area contributed by atoms with Gasteiger partial charge in [-0.3, -0.25) is 0 Å². The van der Waals surface area contributed by atoms with Crippen LogP contribution in [0.4, 0.5) is 0 Å². The molecule has 0 aliphatic heterocycles. The average Bonchev–Trinajstić information content (AvgIpc) is 2.64. The zero-order valence-corrected chi connectivity index (χ0v) is 16.0. The highest BCUT2D eigenvalue weighted by Gasteiger charge is 2.11. The van der Waals surface area contributed by atoms with E-state index in [0.717, 1.165) is 24.2 Å². The molecule has 4 heteroatoms. The third-order valence-electron chi connectivity index (χ3n) is 4.10. The maximum absolute atomic E-state index is 12.3. The van der Waals surface area contributed by atoms with E-state index in [1.54, 1.807) is 24.3 Å². The average molecular weight is 356 g/mol. The molecule has 0 aliphatic carbocycles. The molecule has 2 rings (SSSR count). The summed E-state index contributed by atoms with van der Waals surface area (Å²) in [5.74, 6) is 0.894. The molecule has 2 unspecified atom stereocenters. The van der Waals surface area contributed by atoms with Crippen LogP contribution in [0.15, 0.2) is 48.5 Å². The molecule has 0 amide bonds. The number of benzene rings is 2. The van der Waals surface area contributed by atoms with Gasteiger partial charge in [-0.05, 0) is 69.2 Å². The van der Waals surface area contributed by atoms with Crippen molar-refractivity contribution in [3.05, 3.63) is 59.7 Å². The minimum absolute atomic E-state index is 0.00714. The standard InChI is InChI=1S/C22H28O4/c1-5-7-16(3)25-20-12-14-21(15-13-20)26-22(23)19-10-8-18(9-11-19)17(4)24-6-2/h8-17H,5-7H2,1-4H3. The van der Waals surface area contributed by atoms with E-state index in [0.29, 0.717) is 17.9 Å². The number of rotatable bonds is 9. The molecule has 0 aliphatic rings. The van der Waals surface area contributed by atoms with E-state index in [4.69, 9.17) is 14.2 Å². The van der Waals surface area contributed by atoms with E-state index in [2.05, 4.69) is 6.92 Å². The topological polar surface area (TPSA) is 44.8 Å². The second-order valence-electron chi connectivity index (χ2n) is 6.30. The van der Waals surface area contributed by atoms with Crippen molar-refractivity contribution in [3.8, 4) is 11.5 Å². The van der Waals surface area contributed by atoms with Crippen LogP contribution in [-0.4, -0.2) is 18.7 Å². The van der Waals surface area contributed by atoms with Gasteiger partial charge in [-0.1, -0.05) is 25.5 Å². The number of carbonyl (C=O) groups excluding carboxylic acids is 1. The summed E-state index contributed by atoms with van der Waals surface area (Å²) in [5.41, 5.74) is 1.54. The van der Waals surface area contributed by atoms with Crippen LogP contribution in [-0.2, 0) is 4.74 Å². The molecular weight excluding hydrogens is 328 g/mol. The predicted molar refractivity (Wildman–Crippen MR) is 103 cm³/mol. The Hall–Kier alpha value is -2.33. The van der Waals surface area contributed by atoms with Crippen molar-refractivity contribution in [2.24, 2.45) is 0 Å². The molecule has 0 heterocycles. The second-order valence-corrected chi connectivity index (χ2v) is 6.30. The molecule has 0 fully saturated rings. The Morgan fingerprint density at radius 2 is 1.54 bits per heavy atom. The summed E-state index contributed by atoms with van der Waals surface area (Å²) in [5, 5.41) is 0. The number of ether oxygens (including phenoxy) is 3. The van der Waals surface area contributed by atoms with Crippen molar-refractivity contribution in [1.82, 2.24) is 0 Å². The zero-order valence-electron chi connectivity index (χ0n) is 16.0. The number of hydrogen-bond acceptors (Lipinski definition) is 4. The van der Waals surface area contributed by atoms with Crippen LogP contribution in [0.3, 0.4) is 0 Å². The molecule has 4 nitrogen and oxygen atoms in total. The van der Waals surface area contributed by atoms with Crippen LogP contribution in [0.25, 0.3) is 0 Å². The van der Waals surface area contributed by atoms with E-state index >= 15 is 0 Å². The molecule has 0 radical (unpaired) electrons. The molecule has 140 valence electrons.